The topological polar surface area (TPSA) is 98.7 Å². The SMILES string of the molecule is O=C(NCCc1ccc(Br)cc1)C1CN(C(=O)O)CC1C(=O)NCCc1ccc(Br)cc1. The van der Waals surface area contributed by atoms with E-state index in [1.54, 1.807) is 0 Å². The lowest BCUT2D eigenvalue weighted by Gasteiger charge is -2.17. The van der Waals surface area contributed by atoms with Crippen molar-refractivity contribution >= 4 is 49.8 Å². The molecule has 1 fully saturated rings. The number of benzene rings is 2. The van der Waals surface area contributed by atoms with Crippen LogP contribution in [0.1, 0.15) is 11.1 Å². The summed E-state index contributed by atoms with van der Waals surface area (Å²) in [6, 6.07) is 15.6. The number of carbonyl (C=O) groups is 3. The summed E-state index contributed by atoms with van der Waals surface area (Å²) in [4.78, 5) is 38.1. The van der Waals surface area contributed by atoms with Crippen LogP contribution in [0.25, 0.3) is 0 Å². The van der Waals surface area contributed by atoms with Crippen LogP contribution in [0.4, 0.5) is 4.79 Å². The summed E-state index contributed by atoms with van der Waals surface area (Å²) in [6.07, 6.45) is 0.180. The third kappa shape index (κ3) is 6.80. The average molecular weight is 567 g/mol. The van der Waals surface area contributed by atoms with Gasteiger partial charge in [-0.2, -0.15) is 0 Å². The number of hydrogen-bond acceptors (Lipinski definition) is 3. The Morgan fingerprint density at radius 1 is 0.781 bits per heavy atom. The maximum absolute atomic E-state index is 12.8. The van der Waals surface area contributed by atoms with Crippen LogP contribution in [-0.2, 0) is 22.4 Å². The Labute approximate surface area is 203 Å². The van der Waals surface area contributed by atoms with Crippen LogP contribution in [-0.4, -0.2) is 54.1 Å². The lowest BCUT2D eigenvalue weighted by Crippen LogP contribution is -2.42. The molecule has 0 saturated carbocycles. The van der Waals surface area contributed by atoms with Gasteiger partial charge in [-0.15, -0.1) is 0 Å². The summed E-state index contributed by atoms with van der Waals surface area (Å²) in [5, 5.41) is 15.1. The summed E-state index contributed by atoms with van der Waals surface area (Å²) >= 11 is 6.78. The van der Waals surface area contributed by atoms with Crippen LogP contribution < -0.4 is 10.6 Å². The lowest BCUT2D eigenvalue weighted by atomic mass is 9.94. The van der Waals surface area contributed by atoms with Crippen molar-refractivity contribution in [3.63, 3.8) is 0 Å². The molecule has 7 nitrogen and oxygen atoms in total. The second-order valence-corrected chi connectivity index (χ2v) is 9.57. The number of carboxylic acid groups (broad SMARTS) is 1. The highest BCUT2D eigenvalue weighted by atomic mass is 79.9. The summed E-state index contributed by atoms with van der Waals surface area (Å²) in [5.74, 6) is -2.00. The predicted molar refractivity (Wildman–Crippen MR) is 128 cm³/mol. The number of likely N-dealkylation sites (tertiary alicyclic amines) is 1. The predicted octanol–water partition coefficient (Wildman–Crippen LogP) is 3.46. The van der Waals surface area contributed by atoms with Crippen molar-refractivity contribution in [1.82, 2.24) is 15.5 Å². The average Bonchev–Trinajstić information content (AvgIpc) is 3.22. The van der Waals surface area contributed by atoms with Crippen LogP contribution in [0, 0.1) is 11.8 Å². The van der Waals surface area contributed by atoms with Gasteiger partial charge >= 0.3 is 6.09 Å². The third-order valence-electron chi connectivity index (χ3n) is 5.52. The molecule has 1 aliphatic heterocycles. The Morgan fingerprint density at radius 3 is 1.50 bits per heavy atom. The number of nitrogens with one attached hydrogen (secondary N) is 2. The maximum atomic E-state index is 12.8. The van der Waals surface area contributed by atoms with Gasteiger partial charge in [0, 0.05) is 35.1 Å². The Kier molecular flexibility index (Phi) is 8.69. The Hall–Kier alpha value is -2.39. The highest BCUT2D eigenvalue weighted by Crippen LogP contribution is 2.24. The highest BCUT2D eigenvalue weighted by Gasteiger charge is 2.43. The van der Waals surface area contributed by atoms with Gasteiger partial charge in [-0.1, -0.05) is 56.1 Å². The van der Waals surface area contributed by atoms with Gasteiger partial charge in [0.1, 0.15) is 0 Å². The molecule has 3 amide bonds. The molecule has 2 aromatic rings. The molecule has 1 aliphatic rings. The van der Waals surface area contributed by atoms with Crippen molar-refractivity contribution in [1.29, 1.82) is 0 Å². The van der Waals surface area contributed by atoms with E-state index in [4.69, 9.17) is 0 Å². The zero-order chi connectivity index (χ0) is 23.1. The molecule has 170 valence electrons. The number of carbonyl (C=O) groups excluding carboxylic acids is 2. The molecule has 0 aliphatic carbocycles. The Balaban J connectivity index is 1.53. The molecule has 3 rings (SSSR count). The molecular weight excluding hydrogens is 542 g/mol. The van der Waals surface area contributed by atoms with E-state index < -0.39 is 17.9 Å². The van der Waals surface area contributed by atoms with Crippen molar-refractivity contribution in [2.75, 3.05) is 26.2 Å². The fourth-order valence-corrected chi connectivity index (χ4v) is 4.24. The van der Waals surface area contributed by atoms with Gasteiger partial charge in [-0.3, -0.25) is 9.59 Å². The largest absolute Gasteiger partial charge is 0.465 e. The fraction of sp³-hybridized carbons (Fsp3) is 0.348. The third-order valence-corrected chi connectivity index (χ3v) is 6.57. The van der Waals surface area contributed by atoms with E-state index in [1.165, 1.54) is 0 Å². The van der Waals surface area contributed by atoms with E-state index in [-0.39, 0.29) is 24.9 Å². The number of rotatable bonds is 8. The first-order valence-electron chi connectivity index (χ1n) is 10.4. The minimum atomic E-state index is -1.12. The molecule has 0 bridgehead atoms. The van der Waals surface area contributed by atoms with E-state index in [0.717, 1.165) is 25.0 Å². The van der Waals surface area contributed by atoms with Gasteiger partial charge in [0.15, 0.2) is 0 Å². The van der Waals surface area contributed by atoms with Crippen molar-refractivity contribution in [3.05, 3.63) is 68.6 Å². The molecule has 0 aromatic heterocycles. The quantitative estimate of drug-likeness (QED) is 0.456. The minimum Gasteiger partial charge on any atom is -0.465 e. The summed E-state index contributed by atoms with van der Waals surface area (Å²) in [5.41, 5.74) is 2.16. The summed E-state index contributed by atoms with van der Waals surface area (Å²) < 4.78 is 1.97. The molecule has 2 aromatic carbocycles. The molecule has 3 N–H and O–H groups in total. The first kappa shape index (κ1) is 24.3. The zero-order valence-corrected chi connectivity index (χ0v) is 20.6. The van der Waals surface area contributed by atoms with Crippen molar-refractivity contribution in [2.24, 2.45) is 11.8 Å². The van der Waals surface area contributed by atoms with Crippen LogP contribution >= 0.6 is 31.9 Å². The molecule has 2 atom stereocenters. The number of nitrogens with zero attached hydrogens (tertiary/aromatic N) is 1. The number of hydrogen-bond donors (Lipinski definition) is 3. The molecular formula is C23H25Br2N3O4. The first-order valence-corrected chi connectivity index (χ1v) is 11.9. The minimum absolute atomic E-state index is 0.0181. The van der Waals surface area contributed by atoms with E-state index in [1.807, 2.05) is 48.5 Å². The second kappa shape index (κ2) is 11.5. The fourth-order valence-electron chi connectivity index (χ4n) is 3.72. The second-order valence-electron chi connectivity index (χ2n) is 7.74. The van der Waals surface area contributed by atoms with Gasteiger partial charge in [-0.05, 0) is 48.2 Å². The number of halogens is 2. The van der Waals surface area contributed by atoms with Crippen molar-refractivity contribution < 1.29 is 19.5 Å². The van der Waals surface area contributed by atoms with Crippen LogP contribution in [0.2, 0.25) is 0 Å². The molecule has 0 radical (unpaired) electrons. The molecule has 1 saturated heterocycles. The van der Waals surface area contributed by atoms with Gasteiger partial charge in [0.2, 0.25) is 11.8 Å². The smallest absolute Gasteiger partial charge is 0.407 e. The van der Waals surface area contributed by atoms with Gasteiger partial charge < -0.3 is 20.6 Å². The molecule has 0 spiro atoms. The van der Waals surface area contributed by atoms with Crippen LogP contribution in [0.5, 0.6) is 0 Å². The van der Waals surface area contributed by atoms with Gasteiger partial charge in [-0.25, -0.2) is 4.79 Å². The molecule has 32 heavy (non-hydrogen) atoms. The van der Waals surface area contributed by atoms with Crippen LogP contribution in [0.3, 0.4) is 0 Å². The van der Waals surface area contributed by atoms with E-state index in [9.17, 15) is 19.5 Å². The normalized spacial score (nSPS) is 17.8. The van der Waals surface area contributed by atoms with E-state index in [2.05, 4.69) is 42.5 Å². The number of amides is 3. The standard InChI is InChI=1S/C23H25Br2N3O4/c24-17-5-1-15(2-6-17)9-11-26-21(29)19-13-28(23(31)32)14-20(19)22(30)27-12-10-16-3-7-18(25)8-4-16/h1-8,19-20H,9-14H2,(H,26,29)(H,27,30)(H,31,32). The molecule has 2 unspecified atom stereocenters. The molecule has 9 heteroatoms. The maximum Gasteiger partial charge on any atom is 0.407 e. The lowest BCUT2D eigenvalue weighted by molar-refractivity contribution is -0.132. The van der Waals surface area contributed by atoms with Gasteiger partial charge in [0.25, 0.3) is 0 Å². The summed E-state index contributed by atoms with van der Waals surface area (Å²) in [7, 11) is 0. The van der Waals surface area contributed by atoms with Crippen molar-refractivity contribution in [3.8, 4) is 0 Å². The van der Waals surface area contributed by atoms with E-state index >= 15 is 0 Å². The first-order chi connectivity index (χ1) is 15.3. The molecule has 1 heterocycles. The van der Waals surface area contributed by atoms with Gasteiger partial charge in [0.05, 0.1) is 11.8 Å². The van der Waals surface area contributed by atoms with E-state index in [0.29, 0.717) is 25.9 Å². The Morgan fingerprint density at radius 2 is 1.16 bits per heavy atom. The van der Waals surface area contributed by atoms with Crippen LogP contribution in [0.15, 0.2) is 57.5 Å². The zero-order valence-electron chi connectivity index (χ0n) is 17.4. The van der Waals surface area contributed by atoms with Crippen molar-refractivity contribution in [2.45, 2.75) is 12.8 Å². The summed E-state index contributed by atoms with van der Waals surface area (Å²) in [6.45, 7) is 0.873. The monoisotopic (exact) mass is 565 g/mol. The highest BCUT2D eigenvalue weighted by molar-refractivity contribution is 9.10. The Bertz CT molecular complexity index is 879.